The number of halogens is 4. The fraction of sp³-hybridized carbons (Fsp3) is 0.333. The Kier molecular flexibility index (Phi) is 5.07. The van der Waals surface area contributed by atoms with E-state index < -0.39 is 24.4 Å². The molecule has 86 valence electrons. The minimum Gasteiger partial charge on any atom is -0.394 e. The highest BCUT2D eigenvalue weighted by Crippen LogP contribution is 2.33. The summed E-state index contributed by atoms with van der Waals surface area (Å²) in [5.74, 6) is 0. The van der Waals surface area contributed by atoms with E-state index in [1.807, 2.05) is 0 Å². The van der Waals surface area contributed by atoms with Gasteiger partial charge in [0.2, 0.25) is 0 Å². The first kappa shape index (κ1) is 14.2. The van der Waals surface area contributed by atoms with Crippen LogP contribution in [0.2, 0.25) is 0 Å². The van der Waals surface area contributed by atoms with Crippen LogP contribution in [0, 0.1) is 0 Å². The van der Waals surface area contributed by atoms with Crippen LogP contribution in [-0.2, 0) is 6.18 Å². The molecule has 0 aliphatic heterocycles. The van der Waals surface area contributed by atoms with E-state index in [1.165, 1.54) is 18.2 Å². The van der Waals surface area contributed by atoms with Gasteiger partial charge in [0, 0.05) is 0 Å². The number of rotatable bonds is 2. The summed E-state index contributed by atoms with van der Waals surface area (Å²) in [5.41, 5.74) is 4.47. The Balaban J connectivity index is 0.00000196. The second-order valence-corrected chi connectivity index (χ2v) is 2.87. The maximum Gasteiger partial charge on any atom is 0.416 e. The maximum atomic E-state index is 12.4. The quantitative estimate of drug-likeness (QED) is 0.833. The summed E-state index contributed by atoms with van der Waals surface area (Å²) in [6, 6.07) is 3.97. The molecule has 1 aromatic carbocycles. The monoisotopic (exact) mass is 241 g/mol. The summed E-state index contributed by atoms with van der Waals surface area (Å²) in [6.07, 6.45) is -4.43. The van der Waals surface area contributed by atoms with Gasteiger partial charge in [-0.25, -0.2) is 0 Å². The van der Waals surface area contributed by atoms with E-state index in [1.54, 1.807) is 0 Å². The normalized spacial score (nSPS) is 13.1. The van der Waals surface area contributed by atoms with Gasteiger partial charge in [0.1, 0.15) is 0 Å². The number of benzene rings is 1. The predicted molar refractivity (Wildman–Crippen MR) is 52.7 cm³/mol. The molecule has 1 rings (SSSR count). The van der Waals surface area contributed by atoms with Crippen LogP contribution in [0.15, 0.2) is 24.3 Å². The number of hydrogen-bond donors (Lipinski definition) is 2. The van der Waals surface area contributed by atoms with E-state index in [2.05, 4.69) is 0 Å². The molecule has 0 radical (unpaired) electrons. The fourth-order valence-electron chi connectivity index (χ4n) is 1.18. The highest BCUT2D eigenvalue weighted by Gasteiger charge is 2.33. The molecular weight excluding hydrogens is 231 g/mol. The second-order valence-electron chi connectivity index (χ2n) is 2.87. The van der Waals surface area contributed by atoms with E-state index in [4.69, 9.17) is 10.8 Å². The second kappa shape index (κ2) is 5.34. The van der Waals surface area contributed by atoms with Crippen LogP contribution in [0.5, 0.6) is 0 Å². The SMILES string of the molecule is Cl.NC(CO)c1ccccc1C(F)(F)F. The first-order valence-electron chi connectivity index (χ1n) is 3.99. The van der Waals surface area contributed by atoms with E-state index in [0.717, 1.165) is 6.07 Å². The van der Waals surface area contributed by atoms with Gasteiger partial charge in [-0.2, -0.15) is 13.2 Å². The maximum absolute atomic E-state index is 12.4. The molecule has 2 nitrogen and oxygen atoms in total. The fourth-order valence-corrected chi connectivity index (χ4v) is 1.18. The van der Waals surface area contributed by atoms with Crippen molar-refractivity contribution in [1.82, 2.24) is 0 Å². The highest BCUT2D eigenvalue weighted by molar-refractivity contribution is 5.85. The van der Waals surface area contributed by atoms with Crippen molar-refractivity contribution in [2.75, 3.05) is 6.61 Å². The van der Waals surface area contributed by atoms with E-state index in [-0.39, 0.29) is 18.0 Å². The molecular formula is C9H11ClF3NO. The largest absolute Gasteiger partial charge is 0.416 e. The highest BCUT2D eigenvalue weighted by atomic mass is 35.5. The topological polar surface area (TPSA) is 46.2 Å². The number of alkyl halides is 3. The molecule has 0 heterocycles. The molecule has 0 saturated carbocycles. The van der Waals surface area contributed by atoms with Crippen LogP contribution >= 0.6 is 12.4 Å². The first-order valence-corrected chi connectivity index (χ1v) is 3.99. The van der Waals surface area contributed by atoms with Gasteiger partial charge < -0.3 is 10.8 Å². The Labute approximate surface area is 91.3 Å². The van der Waals surface area contributed by atoms with Gasteiger partial charge in [-0.1, -0.05) is 18.2 Å². The molecule has 0 spiro atoms. The minimum atomic E-state index is -4.43. The van der Waals surface area contributed by atoms with E-state index in [9.17, 15) is 13.2 Å². The lowest BCUT2D eigenvalue weighted by molar-refractivity contribution is -0.138. The van der Waals surface area contributed by atoms with Gasteiger partial charge >= 0.3 is 6.18 Å². The molecule has 0 saturated heterocycles. The van der Waals surface area contributed by atoms with Crippen LogP contribution in [0.25, 0.3) is 0 Å². The molecule has 0 aromatic heterocycles. The van der Waals surface area contributed by atoms with Crippen LogP contribution in [0.3, 0.4) is 0 Å². The van der Waals surface area contributed by atoms with Crippen molar-refractivity contribution in [3.05, 3.63) is 35.4 Å². The molecule has 0 aliphatic rings. The molecule has 1 atom stereocenters. The molecule has 1 unspecified atom stereocenters. The third kappa shape index (κ3) is 3.37. The van der Waals surface area contributed by atoms with Gasteiger partial charge in [-0.15, -0.1) is 12.4 Å². The van der Waals surface area contributed by atoms with Gasteiger partial charge in [-0.05, 0) is 11.6 Å². The van der Waals surface area contributed by atoms with E-state index in [0.29, 0.717) is 0 Å². The molecule has 0 aliphatic carbocycles. The number of aliphatic hydroxyl groups is 1. The lowest BCUT2D eigenvalue weighted by Gasteiger charge is -2.16. The van der Waals surface area contributed by atoms with Crippen molar-refractivity contribution in [2.24, 2.45) is 5.73 Å². The van der Waals surface area contributed by atoms with Gasteiger partial charge in [0.15, 0.2) is 0 Å². The Morgan fingerprint density at radius 2 is 1.80 bits per heavy atom. The summed E-state index contributed by atoms with van der Waals surface area (Å²) >= 11 is 0. The molecule has 1 aromatic rings. The van der Waals surface area contributed by atoms with Crippen molar-refractivity contribution in [1.29, 1.82) is 0 Å². The standard InChI is InChI=1S/C9H10F3NO.ClH/c10-9(11,12)7-4-2-1-3-6(7)8(13)5-14;/h1-4,8,14H,5,13H2;1H. The summed E-state index contributed by atoms with van der Waals surface area (Å²) in [5, 5.41) is 8.69. The molecule has 15 heavy (non-hydrogen) atoms. The van der Waals surface area contributed by atoms with E-state index >= 15 is 0 Å². The van der Waals surface area contributed by atoms with Crippen LogP contribution in [0.4, 0.5) is 13.2 Å². The predicted octanol–water partition coefficient (Wildman–Crippen LogP) is 2.12. The van der Waals surface area contributed by atoms with Gasteiger partial charge in [0.25, 0.3) is 0 Å². The lowest BCUT2D eigenvalue weighted by atomic mass is 10.0. The molecule has 0 amide bonds. The van der Waals surface area contributed by atoms with Gasteiger partial charge in [-0.3, -0.25) is 0 Å². The Morgan fingerprint density at radius 1 is 1.27 bits per heavy atom. The Hall–Kier alpha value is -0.780. The average Bonchev–Trinajstić information content (AvgIpc) is 2.15. The van der Waals surface area contributed by atoms with Crippen molar-refractivity contribution in [2.45, 2.75) is 12.2 Å². The zero-order valence-corrected chi connectivity index (χ0v) is 8.48. The summed E-state index contributed by atoms with van der Waals surface area (Å²) < 4.78 is 37.2. The molecule has 3 N–H and O–H groups in total. The number of nitrogens with two attached hydrogens (primary N) is 1. The zero-order valence-electron chi connectivity index (χ0n) is 7.66. The number of hydrogen-bond acceptors (Lipinski definition) is 2. The number of aliphatic hydroxyl groups excluding tert-OH is 1. The molecule has 6 heteroatoms. The van der Waals surface area contributed by atoms with Crippen LogP contribution < -0.4 is 5.73 Å². The van der Waals surface area contributed by atoms with Crippen LogP contribution in [0.1, 0.15) is 17.2 Å². The van der Waals surface area contributed by atoms with Crippen molar-refractivity contribution in [3.63, 3.8) is 0 Å². The van der Waals surface area contributed by atoms with Crippen molar-refractivity contribution >= 4 is 12.4 Å². The lowest BCUT2D eigenvalue weighted by Crippen LogP contribution is -2.20. The zero-order chi connectivity index (χ0) is 10.8. The minimum absolute atomic E-state index is 0. The average molecular weight is 242 g/mol. The smallest absolute Gasteiger partial charge is 0.394 e. The Morgan fingerprint density at radius 3 is 2.27 bits per heavy atom. The summed E-state index contributed by atoms with van der Waals surface area (Å²) in [4.78, 5) is 0. The van der Waals surface area contributed by atoms with Crippen molar-refractivity contribution in [3.8, 4) is 0 Å². The van der Waals surface area contributed by atoms with Gasteiger partial charge in [0.05, 0.1) is 18.2 Å². The summed E-state index contributed by atoms with van der Waals surface area (Å²) in [7, 11) is 0. The van der Waals surface area contributed by atoms with Crippen LogP contribution in [-0.4, -0.2) is 11.7 Å². The Bertz CT molecular complexity index is 316. The third-order valence-electron chi connectivity index (χ3n) is 1.86. The third-order valence-corrected chi connectivity index (χ3v) is 1.86. The molecule has 0 fully saturated rings. The van der Waals surface area contributed by atoms with Crippen molar-refractivity contribution < 1.29 is 18.3 Å². The summed E-state index contributed by atoms with van der Waals surface area (Å²) in [6.45, 7) is -0.507. The first-order chi connectivity index (χ1) is 6.46. The molecule has 0 bridgehead atoms.